The molecule has 0 spiro atoms. The van der Waals surface area contributed by atoms with Gasteiger partial charge in [0.25, 0.3) is 0 Å². The molecule has 0 bridgehead atoms. The van der Waals surface area contributed by atoms with Crippen molar-refractivity contribution in [3.05, 3.63) is 46.6 Å². The quantitative estimate of drug-likeness (QED) is 0.196. The Bertz CT molecular complexity index is 1350. The van der Waals surface area contributed by atoms with Crippen LogP contribution >= 0.6 is 7.82 Å². The summed E-state index contributed by atoms with van der Waals surface area (Å²) in [7, 11) is -3.04. The first-order valence-corrected chi connectivity index (χ1v) is 14.1. The van der Waals surface area contributed by atoms with Crippen molar-refractivity contribution in [3.8, 4) is 5.75 Å². The number of nitrogens with zero attached hydrogens (tertiary/aromatic N) is 4. The number of phosphoric acid groups is 1. The molecule has 3 rings (SSSR count). The molecule has 2 heterocycles. The summed E-state index contributed by atoms with van der Waals surface area (Å²) in [5.41, 5.74) is 6.67. The number of aromatic nitrogens is 2. The van der Waals surface area contributed by atoms with E-state index in [1.54, 1.807) is 25.3 Å². The molecule has 1 aromatic carbocycles. The van der Waals surface area contributed by atoms with Gasteiger partial charge in [-0.1, -0.05) is 32.4 Å². The number of carbonyl (C=O) groups excluding carboxylic acids is 2. The van der Waals surface area contributed by atoms with Gasteiger partial charge in [0.15, 0.2) is 0 Å². The first kappa shape index (κ1) is 29.3. The fraction of sp³-hybridized carbons (Fsp3) is 0.462. The third-order valence-corrected chi connectivity index (χ3v) is 6.43. The summed E-state index contributed by atoms with van der Waals surface area (Å²) in [4.78, 5) is 50.1. The highest BCUT2D eigenvalue weighted by Crippen LogP contribution is 2.36. The van der Waals surface area contributed by atoms with E-state index in [1.165, 1.54) is 10.9 Å². The van der Waals surface area contributed by atoms with E-state index < -0.39 is 13.6 Å². The number of fused-ring (bicyclic) bond motifs is 1. The van der Waals surface area contributed by atoms with Crippen LogP contribution in [-0.4, -0.2) is 69.2 Å². The van der Waals surface area contributed by atoms with E-state index in [-0.39, 0.29) is 36.7 Å². The summed E-state index contributed by atoms with van der Waals surface area (Å²) in [6, 6.07) is 5.19. The monoisotopic (exact) mass is 544 g/mol. The molecule has 0 fully saturated rings. The van der Waals surface area contributed by atoms with E-state index in [0.717, 1.165) is 25.7 Å². The smallest absolute Gasteiger partial charge is 0.469 e. The van der Waals surface area contributed by atoms with E-state index in [0.29, 0.717) is 35.4 Å². The Morgan fingerprint density at radius 3 is 2.42 bits per heavy atom. The molecule has 0 radical (unpaired) electrons. The highest BCUT2D eigenvalue weighted by molar-refractivity contribution is 7.46. The van der Waals surface area contributed by atoms with E-state index in [1.807, 2.05) is 4.90 Å². The summed E-state index contributed by atoms with van der Waals surface area (Å²) in [5.74, 6) is 0.0610. The highest BCUT2D eigenvalue weighted by Gasteiger charge is 2.23. The Morgan fingerprint density at radius 1 is 1.13 bits per heavy atom. The lowest BCUT2D eigenvalue weighted by Gasteiger charge is -2.22. The van der Waals surface area contributed by atoms with E-state index in [9.17, 15) is 14.2 Å². The molecule has 0 aliphatic carbocycles. The molecule has 204 valence electrons. The first-order valence-electron chi connectivity index (χ1n) is 12.5. The molecule has 1 aliphatic heterocycles. The average Bonchev–Trinajstić information content (AvgIpc) is 3.25. The van der Waals surface area contributed by atoms with Crippen LogP contribution in [-0.2, 0) is 20.4 Å². The molecular formula is C26H33N4O7P. The number of methoxy groups -OCH3 is 1. The van der Waals surface area contributed by atoms with Crippen LogP contribution in [0.4, 0.5) is 0 Å². The maximum Gasteiger partial charge on any atom is 0.469 e. The number of ketones is 1. The van der Waals surface area contributed by atoms with Crippen molar-refractivity contribution >= 4 is 36.6 Å². The van der Waals surface area contributed by atoms with Crippen molar-refractivity contribution in [1.29, 1.82) is 0 Å². The van der Waals surface area contributed by atoms with Gasteiger partial charge in [-0.15, -0.1) is 0 Å². The molecule has 0 unspecified atom stereocenters. The summed E-state index contributed by atoms with van der Waals surface area (Å²) in [5, 5.41) is 5.08. The fourth-order valence-corrected chi connectivity index (χ4v) is 4.16. The molecule has 0 saturated heterocycles. The lowest BCUT2D eigenvalue weighted by atomic mass is 10.1. The molecule has 11 nitrogen and oxygen atoms in total. The second-order valence-electron chi connectivity index (χ2n) is 8.75. The number of carbonyl (C=O) groups is 2. The molecule has 1 amide bonds. The van der Waals surface area contributed by atoms with Crippen LogP contribution < -0.4 is 4.74 Å². The minimum atomic E-state index is -4.58. The number of aliphatic imine (C=N–C) groups is 1. The van der Waals surface area contributed by atoms with Crippen LogP contribution in [0.1, 0.15) is 56.4 Å². The fourth-order valence-electron chi connectivity index (χ4n) is 3.83. The Balaban J connectivity index is 1.91. The van der Waals surface area contributed by atoms with Gasteiger partial charge in [0.1, 0.15) is 18.0 Å². The predicted octanol–water partition coefficient (Wildman–Crippen LogP) is 3.80. The van der Waals surface area contributed by atoms with Crippen molar-refractivity contribution < 1.29 is 33.2 Å². The number of Topliss-reactive ketones (excluding diaryl/α,β-unsaturated/α-hetero) is 1. The standard InChI is InChI=1S/C26H33N4O7P/c1-4-6-13-29(14-7-5-2)24(31)18-30-23-16-21(36-3)10-11-22(23)25(28-30)26(32)19-8-9-20(27-17-19)12-15-37-38(33,34)35/h10-11,16-17H,4-7,12-15,18H2,1-3H3,(H2,33,34,35). The zero-order valence-electron chi connectivity index (χ0n) is 21.8. The van der Waals surface area contributed by atoms with Crippen LogP contribution in [0.25, 0.3) is 10.9 Å². The number of allylic oxidation sites excluding steroid dienone is 1. The number of hydrogen-bond acceptors (Lipinski definition) is 7. The summed E-state index contributed by atoms with van der Waals surface area (Å²) in [6.07, 6.45) is 5.17. The lowest BCUT2D eigenvalue weighted by molar-refractivity contribution is -0.132. The number of benzene rings is 1. The summed E-state index contributed by atoms with van der Waals surface area (Å²) < 4.78 is 22.1. The van der Waals surface area contributed by atoms with Crippen molar-refractivity contribution in [1.82, 2.24) is 14.7 Å². The van der Waals surface area contributed by atoms with Crippen LogP contribution in [0, 0.1) is 0 Å². The van der Waals surface area contributed by atoms with Crippen LogP contribution in [0.5, 0.6) is 5.75 Å². The summed E-state index contributed by atoms with van der Waals surface area (Å²) in [6.45, 7) is 5.24. The third-order valence-electron chi connectivity index (χ3n) is 5.91. The lowest BCUT2D eigenvalue weighted by Crippen LogP contribution is -2.35. The van der Waals surface area contributed by atoms with Gasteiger partial charge in [0.2, 0.25) is 11.7 Å². The Labute approximate surface area is 221 Å². The number of amides is 1. The highest BCUT2D eigenvalue weighted by atomic mass is 31.2. The molecular weight excluding hydrogens is 511 g/mol. The Hall–Kier alpha value is -3.29. The van der Waals surface area contributed by atoms with Crippen LogP contribution in [0.15, 0.2) is 45.9 Å². The molecule has 0 atom stereocenters. The van der Waals surface area contributed by atoms with E-state index in [2.05, 4.69) is 39.9 Å². The van der Waals surface area contributed by atoms with Crippen molar-refractivity contribution in [2.24, 2.45) is 4.99 Å². The summed E-state index contributed by atoms with van der Waals surface area (Å²) >= 11 is 0. The van der Waals surface area contributed by atoms with Gasteiger partial charge < -0.3 is 19.4 Å². The largest absolute Gasteiger partial charge is 0.497 e. The zero-order chi connectivity index (χ0) is 27.7. The van der Waals surface area contributed by atoms with E-state index >= 15 is 0 Å². The average molecular weight is 545 g/mol. The Kier molecular flexibility index (Phi) is 10.4. The van der Waals surface area contributed by atoms with Gasteiger partial charge in [-0.05, 0) is 30.7 Å². The topological polar surface area (TPSA) is 144 Å². The molecule has 38 heavy (non-hydrogen) atoms. The molecule has 1 aromatic heterocycles. The minimum Gasteiger partial charge on any atom is -0.497 e. The Morgan fingerprint density at radius 2 is 1.84 bits per heavy atom. The zero-order valence-corrected chi connectivity index (χ0v) is 22.7. The second kappa shape index (κ2) is 13.5. The third kappa shape index (κ3) is 7.85. The van der Waals surface area contributed by atoms with Crippen molar-refractivity contribution in [2.75, 3.05) is 26.8 Å². The SMILES string of the molecule is CCCCN(CCCC)C(=O)Cn1nc(C(=O)C2=C=C=C(CCOP(=O)(O)O)N=C2)c2ccc(OC)cc21. The number of rotatable bonds is 15. The number of hydrogen-bond donors (Lipinski definition) is 2. The van der Waals surface area contributed by atoms with E-state index in [4.69, 9.17) is 14.5 Å². The molecule has 12 heteroatoms. The van der Waals surface area contributed by atoms with Gasteiger partial charge in [0.05, 0.1) is 30.5 Å². The van der Waals surface area contributed by atoms with Crippen LogP contribution in [0.3, 0.4) is 0 Å². The number of phosphoric ester groups is 1. The second-order valence-corrected chi connectivity index (χ2v) is 9.99. The van der Waals surface area contributed by atoms with Gasteiger partial charge >= 0.3 is 7.82 Å². The maximum atomic E-state index is 13.4. The predicted molar refractivity (Wildman–Crippen MR) is 142 cm³/mol. The molecule has 2 aromatic rings. The maximum absolute atomic E-state index is 13.4. The molecule has 2 N–H and O–H groups in total. The number of unbranched alkanes of at least 4 members (excludes halogenated alkanes) is 2. The normalized spacial score (nSPS) is 13.0. The van der Waals surface area contributed by atoms with Gasteiger partial charge in [0, 0.05) is 37.2 Å². The number of ether oxygens (including phenoxy) is 1. The van der Waals surface area contributed by atoms with Crippen LogP contribution in [0.2, 0.25) is 0 Å². The van der Waals surface area contributed by atoms with Gasteiger partial charge in [-0.2, -0.15) is 5.10 Å². The van der Waals surface area contributed by atoms with Crippen molar-refractivity contribution in [2.45, 2.75) is 52.5 Å². The molecule has 1 aliphatic rings. The van der Waals surface area contributed by atoms with Crippen molar-refractivity contribution in [3.63, 3.8) is 0 Å². The van der Waals surface area contributed by atoms with Gasteiger partial charge in [-0.25, -0.2) is 4.57 Å². The first-order chi connectivity index (χ1) is 18.2. The van der Waals surface area contributed by atoms with Gasteiger partial charge in [-0.3, -0.25) is 23.8 Å². The molecule has 0 saturated carbocycles. The minimum absolute atomic E-state index is 0.0169.